The minimum absolute atomic E-state index is 0.0309. The van der Waals surface area contributed by atoms with Crippen molar-refractivity contribution < 1.29 is 28.2 Å². The van der Waals surface area contributed by atoms with Crippen LogP contribution >= 0.6 is 7.82 Å². The Kier molecular flexibility index (Phi) is 7.17. The monoisotopic (exact) mass is 482 g/mol. The third-order valence-electron chi connectivity index (χ3n) is 5.35. The number of unbranched alkanes of at least 4 members (excludes halogenated alkanes) is 3. The van der Waals surface area contributed by atoms with Gasteiger partial charge in [-0.1, -0.05) is 12.8 Å². The first kappa shape index (κ1) is 23.9. The lowest BCUT2D eigenvalue weighted by molar-refractivity contribution is -0.0606. The van der Waals surface area contributed by atoms with E-state index in [2.05, 4.69) is 20.3 Å². The van der Waals surface area contributed by atoms with Gasteiger partial charge in [0.1, 0.15) is 12.7 Å². The molecule has 33 heavy (non-hydrogen) atoms. The molecule has 0 aromatic carbocycles. The maximum atomic E-state index is 12.5. The number of aromatic nitrogens is 4. The maximum absolute atomic E-state index is 12.5. The number of nitrogen functional groups attached to an aromatic ring is 1. The zero-order chi connectivity index (χ0) is 23.6. The number of nitrogens with one attached hydrogen (secondary N) is 2. The summed E-state index contributed by atoms with van der Waals surface area (Å²) in [5, 5.41) is 2.69. The summed E-state index contributed by atoms with van der Waals surface area (Å²) in [6, 6.07) is 0. The number of ether oxygens (including phenoxy) is 2. The van der Waals surface area contributed by atoms with E-state index >= 15 is 0 Å². The van der Waals surface area contributed by atoms with E-state index in [-0.39, 0.29) is 23.7 Å². The largest absolute Gasteiger partial charge is 0.488 e. The summed E-state index contributed by atoms with van der Waals surface area (Å²) in [6.45, 7) is 0.971. The Morgan fingerprint density at radius 2 is 2.21 bits per heavy atom. The molecule has 2 aliphatic rings. The number of imidazole rings is 1. The number of amides is 1. The van der Waals surface area contributed by atoms with Crippen molar-refractivity contribution in [3.8, 4) is 0 Å². The van der Waals surface area contributed by atoms with Gasteiger partial charge in [0.25, 0.3) is 5.56 Å². The van der Waals surface area contributed by atoms with E-state index < -0.39 is 44.0 Å². The molecule has 2 aromatic heterocycles. The van der Waals surface area contributed by atoms with Gasteiger partial charge >= 0.3 is 21.5 Å². The number of aromatic amines is 1. The van der Waals surface area contributed by atoms with Crippen LogP contribution < -0.4 is 22.3 Å². The zero-order valence-electron chi connectivity index (χ0n) is 17.8. The Balaban J connectivity index is 1.53. The number of nitrogens with two attached hydrogens (primary N) is 2. The van der Waals surface area contributed by atoms with Crippen LogP contribution in [-0.4, -0.2) is 76.1 Å². The van der Waals surface area contributed by atoms with Crippen LogP contribution in [0.15, 0.2) is 11.1 Å². The molecule has 7 N–H and O–H groups in total. The van der Waals surface area contributed by atoms with Gasteiger partial charge in [0.15, 0.2) is 29.6 Å². The summed E-state index contributed by atoms with van der Waals surface area (Å²) >= 11 is 0. The predicted octanol–water partition coefficient (Wildman–Crippen LogP) is -0.533. The molecule has 5 atom stereocenters. The van der Waals surface area contributed by atoms with Crippen LogP contribution in [0.5, 0.6) is 0 Å². The van der Waals surface area contributed by atoms with Crippen LogP contribution in [0.1, 0.15) is 31.9 Å². The van der Waals surface area contributed by atoms with Crippen LogP contribution in [0.2, 0.25) is 0 Å². The van der Waals surface area contributed by atoms with Gasteiger partial charge in [-0.15, -0.1) is 0 Å². The molecule has 0 aliphatic carbocycles. The van der Waals surface area contributed by atoms with E-state index in [0.29, 0.717) is 13.1 Å². The lowest BCUT2D eigenvalue weighted by Gasteiger charge is -2.29. The van der Waals surface area contributed by atoms with Crippen LogP contribution in [0.4, 0.5) is 10.7 Å². The Labute approximate surface area is 190 Å². The van der Waals surface area contributed by atoms with Crippen molar-refractivity contribution in [2.24, 2.45) is 5.73 Å². The summed E-state index contributed by atoms with van der Waals surface area (Å²) in [5.41, 5.74) is 10.8. The first-order valence-electron chi connectivity index (χ1n) is 10.5. The maximum Gasteiger partial charge on any atom is 0.488 e. The highest BCUT2D eigenvalue weighted by atomic mass is 31.2. The Morgan fingerprint density at radius 1 is 1.42 bits per heavy atom. The number of H-pyrrole nitrogens is 1. The minimum atomic E-state index is -3.61. The average molecular weight is 482 g/mol. The summed E-state index contributed by atoms with van der Waals surface area (Å²) in [4.78, 5) is 45.3. The molecule has 0 spiro atoms. The third-order valence-corrected chi connectivity index (χ3v) is 6.41. The molecule has 2 radical (unpaired) electrons. The number of fused-ring (bicyclic) bond motifs is 2. The van der Waals surface area contributed by atoms with Crippen molar-refractivity contribution in [1.29, 1.82) is 0 Å². The standard InChI is InChI=1S/C17H26BN7O7P/c18-33(28)29-7-9-11(32-33)12(31-17(27)21-6-4-2-1-3-5-19)15(30-9)25-8-22-10-13(25)23-16(20)24-14(10)26/h8-9,11-12,15,28H,1-7,19H2,(H,21,27)(H3,20,23,24,26)/q+1/t9-,11+,12+,15-,33?/m1/s1. The van der Waals surface area contributed by atoms with Gasteiger partial charge in [-0.3, -0.25) is 14.3 Å². The van der Waals surface area contributed by atoms with E-state index in [1.54, 1.807) is 0 Å². The number of alkyl carbamates (subject to hydrolysis) is 1. The Morgan fingerprint density at radius 3 is 3.00 bits per heavy atom. The molecule has 0 bridgehead atoms. The highest BCUT2D eigenvalue weighted by Crippen LogP contribution is 2.58. The summed E-state index contributed by atoms with van der Waals surface area (Å²) in [5.74, 6) is -0.114. The van der Waals surface area contributed by atoms with Crippen molar-refractivity contribution in [1.82, 2.24) is 24.8 Å². The fraction of sp³-hybridized carbons (Fsp3) is 0.647. The first-order valence-corrected chi connectivity index (χ1v) is 12.2. The molecule has 16 heteroatoms. The number of rotatable bonds is 8. The van der Waals surface area contributed by atoms with Gasteiger partial charge in [0, 0.05) is 6.54 Å². The van der Waals surface area contributed by atoms with Gasteiger partial charge in [0.2, 0.25) is 5.95 Å². The molecule has 2 saturated heterocycles. The summed E-state index contributed by atoms with van der Waals surface area (Å²) in [7, 11) is 2.06. The van der Waals surface area contributed by atoms with E-state index in [9.17, 15) is 14.5 Å². The Bertz CT molecular complexity index is 1050. The fourth-order valence-corrected chi connectivity index (χ4v) is 4.84. The minimum Gasteiger partial charge on any atom is -0.438 e. The number of hydrogen-bond donors (Lipinski definition) is 5. The molecule has 14 nitrogen and oxygen atoms in total. The highest BCUT2D eigenvalue weighted by Gasteiger charge is 2.59. The van der Waals surface area contributed by atoms with Gasteiger partial charge in [0.05, 0.1) is 6.33 Å². The fourth-order valence-electron chi connectivity index (χ4n) is 3.81. The number of nitrogens with zero attached hydrogens (tertiary/aromatic N) is 3. The molecular weight excluding hydrogens is 456 g/mol. The van der Waals surface area contributed by atoms with Crippen LogP contribution in [0.25, 0.3) is 11.2 Å². The Hall–Kier alpha value is -2.29. The summed E-state index contributed by atoms with van der Waals surface area (Å²) < 4.78 is 23.7. The molecule has 2 aliphatic heterocycles. The lowest BCUT2D eigenvalue weighted by Crippen LogP contribution is -2.44. The van der Waals surface area contributed by atoms with E-state index in [4.69, 9.17) is 37.6 Å². The van der Waals surface area contributed by atoms with E-state index in [1.807, 2.05) is 0 Å². The second-order valence-corrected chi connectivity index (χ2v) is 9.37. The average Bonchev–Trinajstić information content (AvgIpc) is 3.31. The van der Waals surface area contributed by atoms with E-state index in [1.165, 1.54) is 10.9 Å². The molecule has 4 heterocycles. The van der Waals surface area contributed by atoms with Gasteiger partial charge in [-0.25, -0.2) is 14.7 Å². The molecule has 178 valence electrons. The van der Waals surface area contributed by atoms with Crippen molar-refractivity contribution in [3.05, 3.63) is 16.7 Å². The zero-order valence-corrected chi connectivity index (χ0v) is 18.6. The molecule has 0 saturated carbocycles. The predicted molar refractivity (Wildman–Crippen MR) is 118 cm³/mol. The molecule has 2 aromatic rings. The normalized spacial score (nSPS) is 29.2. The van der Waals surface area contributed by atoms with Crippen molar-refractivity contribution in [3.63, 3.8) is 0 Å². The van der Waals surface area contributed by atoms with Gasteiger partial charge in [-0.2, -0.15) is 14.0 Å². The lowest BCUT2D eigenvalue weighted by atomic mass is 10.1. The SMILES string of the molecule is [B][P+]1(O)OC[C@H]2O[C@@H](n3cnc4c(=O)[nH]c(N)nc43)[C@@H](OC(=O)NCCCCCCN)[C@H]2O1. The van der Waals surface area contributed by atoms with Crippen LogP contribution in [-0.2, 0) is 18.5 Å². The highest BCUT2D eigenvalue weighted by molar-refractivity contribution is 7.85. The quantitative estimate of drug-likeness (QED) is 0.184. The molecular formula is C17H26BN7O7P+. The third kappa shape index (κ3) is 5.29. The summed E-state index contributed by atoms with van der Waals surface area (Å²) in [6.07, 6.45) is 0.560. The number of carbonyl (C=O) groups excluding carboxylic acids is 1. The molecule has 1 amide bonds. The molecule has 2 fully saturated rings. The van der Waals surface area contributed by atoms with Gasteiger partial charge in [-0.05, 0) is 19.4 Å². The van der Waals surface area contributed by atoms with Crippen LogP contribution in [0.3, 0.4) is 0 Å². The smallest absolute Gasteiger partial charge is 0.438 e. The van der Waals surface area contributed by atoms with Gasteiger partial charge < -0.3 is 26.3 Å². The van der Waals surface area contributed by atoms with Crippen LogP contribution in [0, 0.1) is 0 Å². The topological polar surface area (TPSA) is 202 Å². The first-order chi connectivity index (χ1) is 15.8. The van der Waals surface area contributed by atoms with Crippen molar-refractivity contribution >= 4 is 38.6 Å². The second kappa shape index (κ2) is 9.91. The molecule has 1 unspecified atom stereocenters. The number of carbonyl (C=O) groups is 1. The van der Waals surface area contributed by atoms with E-state index in [0.717, 1.165) is 25.7 Å². The second-order valence-electron chi connectivity index (χ2n) is 7.77. The van der Waals surface area contributed by atoms with Crippen molar-refractivity contribution in [2.75, 3.05) is 25.4 Å². The number of hydrogen-bond acceptors (Lipinski definition) is 11. The molecule has 4 rings (SSSR count). The number of anilines is 1. The van der Waals surface area contributed by atoms with Crippen molar-refractivity contribution in [2.45, 2.75) is 50.2 Å².